The van der Waals surface area contributed by atoms with Crippen LogP contribution in [0.4, 0.5) is 17.8 Å². The average molecular weight is 274 g/mol. The molecular weight excluding hydrogens is 256 g/mol. The summed E-state index contributed by atoms with van der Waals surface area (Å²) in [5.41, 5.74) is 5.53. The van der Waals surface area contributed by atoms with Crippen molar-refractivity contribution in [3.05, 3.63) is 0 Å². The maximum absolute atomic E-state index is 11.3. The number of sulfone groups is 1. The maximum atomic E-state index is 11.3. The van der Waals surface area contributed by atoms with E-state index in [1.807, 2.05) is 0 Å². The second-order valence-corrected chi connectivity index (χ2v) is 6.35. The minimum atomic E-state index is -3.00. The van der Waals surface area contributed by atoms with Gasteiger partial charge in [-0.2, -0.15) is 15.0 Å². The summed E-state index contributed by atoms with van der Waals surface area (Å²) in [7, 11) is 0.554. The van der Waals surface area contributed by atoms with Crippen LogP contribution >= 0.6 is 0 Å². The predicted molar refractivity (Wildman–Crippen MR) is 71.4 cm³/mol. The van der Waals surface area contributed by atoms with Crippen molar-refractivity contribution in [1.82, 2.24) is 15.0 Å². The zero-order valence-electron chi connectivity index (χ0n) is 10.7. The molecule has 0 aliphatic carbocycles. The number of aromatic nitrogens is 3. The van der Waals surface area contributed by atoms with Gasteiger partial charge in [0.25, 0.3) is 0 Å². The van der Waals surface area contributed by atoms with Crippen LogP contribution in [0.25, 0.3) is 0 Å². The van der Waals surface area contributed by atoms with Crippen molar-refractivity contribution in [1.29, 1.82) is 0 Å². The van der Waals surface area contributed by atoms with Crippen molar-refractivity contribution in [2.75, 3.05) is 48.1 Å². The van der Waals surface area contributed by atoms with Crippen LogP contribution in [-0.4, -0.2) is 55.5 Å². The molecule has 0 atom stereocenters. The molecule has 0 aliphatic heterocycles. The number of nitrogens with one attached hydrogen (secondary N) is 1. The lowest BCUT2D eigenvalue weighted by Gasteiger charge is -2.12. The van der Waals surface area contributed by atoms with Gasteiger partial charge in [-0.15, -0.1) is 0 Å². The van der Waals surface area contributed by atoms with Crippen LogP contribution in [0, 0.1) is 0 Å². The predicted octanol–water partition coefficient (Wildman–Crippen LogP) is -0.634. The molecule has 1 rings (SSSR count). The molecule has 0 saturated heterocycles. The van der Waals surface area contributed by atoms with Crippen LogP contribution in [0.15, 0.2) is 0 Å². The Morgan fingerprint density at radius 1 is 1.28 bits per heavy atom. The summed E-state index contributed by atoms with van der Waals surface area (Å²) in [6.45, 7) is 1.85. The first-order valence-electron chi connectivity index (χ1n) is 5.47. The summed E-state index contributed by atoms with van der Waals surface area (Å²) in [6.07, 6.45) is 0. The van der Waals surface area contributed by atoms with E-state index >= 15 is 0 Å². The zero-order valence-corrected chi connectivity index (χ0v) is 11.5. The van der Waals surface area contributed by atoms with Crippen LogP contribution in [-0.2, 0) is 9.84 Å². The highest BCUT2D eigenvalue weighted by Crippen LogP contribution is 2.08. The molecule has 8 nitrogen and oxygen atoms in total. The van der Waals surface area contributed by atoms with Crippen molar-refractivity contribution >= 4 is 27.7 Å². The molecule has 1 aromatic heterocycles. The molecule has 3 N–H and O–H groups in total. The number of nitrogens with zero attached hydrogens (tertiary/aromatic N) is 4. The Balaban J connectivity index is 2.68. The SMILES string of the molecule is CCS(=O)(=O)CCNc1nc(N)nc(N(C)C)n1. The molecular formula is C9H18N6O2S. The first-order chi connectivity index (χ1) is 8.34. The van der Waals surface area contributed by atoms with Crippen LogP contribution in [0.1, 0.15) is 6.92 Å². The van der Waals surface area contributed by atoms with Crippen molar-refractivity contribution in [3.8, 4) is 0 Å². The Kier molecular flexibility index (Phi) is 4.65. The number of rotatable bonds is 6. The smallest absolute Gasteiger partial charge is 0.231 e. The molecule has 0 spiro atoms. The van der Waals surface area contributed by atoms with Gasteiger partial charge in [-0.25, -0.2) is 8.42 Å². The first kappa shape index (κ1) is 14.4. The van der Waals surface area contributed by atoms with Gasteiger partial charge >= 0.3 is 0 Å². The highest BCUT2D eigenvalue weighted by Gasteiger charge is 2.09. The van der Waals surface area contributed by atoms with Crippen molar-refractivity contribution < 1.29 is 8.42 Å². The molecule has 0 fully saturated rings. The maximum Gasteiger partial charge on any atom is 0.231 e. The number of anilines is 3. The molecule has 0 saturated carbocycles. The number of hydrogen-bond donors (Lipinski definition) is 2. The number of nitrogen functional groups attached to an aromatic ring is 1. The van der Waals surface area contributed by atoms with Gasteiger partial charge in [-0.3, -0.25) is 0 Å². The molecule has 0 radical (unpaired) electrons. The zero-order chi connectivity index (χ0) is 13.8. The van der Waals surface area contributed by atoms with Gasteiger partial charge in [-0.05, 0) is 0 Å². The van der Waals surface area contributed by atoms with E-state index in [1.54, 1.807) is 25.9 Å². The third-order valence-corrected chi connectivity index (χ3v) is 3.88. The van der Waals surface area contributed by atoms with Gasteiger partial charge in [0.1, 0.15) is 0 Å². The molecule has 18 heavy (non-hydrogen) atoms. The minimum absolute atomic E-state index is 0.0341. The summed E-state index contributed by atoms with van der Waals surface area (Å²) in [4.78, 5) is 13.6. The third-order valence-electron chi connectivity index (χ3n) is 2.18. The quantitative estimate of drug-likeness (QED) is 0.704. The van der Waals surface area contributed by atoms with Crippen LogP contribution in [0.5, 0.6) is 0 Å². The van der Waals surface area contributed by atoms with E-state index in [4.69, 9.17) is 5.73 Å². The Hall–Kier alpha value is -1.64. The third kappa shape index (κ3) is 4.32. The lowest BCUT2D eigenvalue weighted by Crippen LogP contribution is -2.20. The molecule has 1 heterocycles. The summed E-state index contributed by atoms with van der Waals surface area (Å²) in [5.74, 6) is 0.944. The normalized spacial score (nSPS) is 11.3. The minimum Gasteiger partial charge on any atom is -0.368 e. The molecule has 0 aliphatic rings. The first-order valence-corrected chi connectivity index (χ1v) is 7.29. The Morgan fingerprint density at radius 3 is 2.50 bits per heavy atom. The van der Waals surface area contributed by atoms with Gasteiger partial charge in [0, 0.05) is 26.4 Å². The van der Waals surface area contributed by atoms with Crippen LogP contribution in [0.3, 0.4) is 0 Å². The van der Waals surface area contributed by atoms with Crippen LogP contribution < -0.4 is 16.0 Å². The fourth-order valence-corrected chi connectivity index (χ4v) is 1.82. The fraction of sp³-hybridized carbons (Fsp3) is 0.667. The van der Waals surface area contributed by atoms with E-state index in [0.717, 1.165) is 0 Å². The van der Waals surface area contributed by atoms with Gasteiger partial charge in [0.05, 0.1) is 5.75 Å². The van der Waals surface area contributed by atoms with E-state index in [-0.39, 0.29) is 29.9 Å². The lowest BCUT2D eigenvalue weighted by molar-refractivity contribution is 0.597. The van der Waals surface area contributed by atoms with E-state index in [2.05, 4.69) is 20.3 Å². The second kappa shape index (κ2) is 5.80. The highest BCUT2D eigenvalue weighted by atomic mass is 32.2. The molecule has 1 aromatic rings. The number of hydrogen-bond acceptors (Lipinski definition) is 8. The van der Waals surface area contributed by atoms with Crippen molar-refractivity contribution in [3.63, 3.8) is 0 Å². The summed E-state index contributed by atoms with van der Waals surface area (Å²) < 4.78 is 22.6. The summed E-state index contributed by atoms with van der Waals surface area (Å²) in [5, 5.41) is 2.82. The fourth-order valence-electron chi connectivity index (χ4n) is 1.12. The molecule has 0 unspecified atom stereocenters. The van der Waals surface area contributed by atoms with Gasteiger partial charge in [-0.1, -0.05) is 6.92 Å². The van der Waals surface area contributed by atoms with Gasteiger partial charge < -0.3 is 16.0 Å². The van der Waals surface area contributed by atoms with Gasteiger partial charge in [0.15, 0.2) is 9.84 Å². The Morgan fingerprint density at radius 2 is 1.94 bits per heavy atom. The van der Waals surface area contributed by atoms with Crippen LogP contribution in [0.2, 0.25) is 0 Å². The molecule has 9 heteroatoms. The van der Waals surface area contributed by atoms with Crippen molar-refractivity contribution in [2.24, 2.45) is 0 Å². The second-order valence-electron chi connectivity index (χ2n) is 3.87. The standard InChI is InChI=1S/C9H18N6O2S/c1-4-18(16,17)6-5-11-8-12-7(10)13-9(14-8)15(2)3/h4-6H2,1-3H3,(H3,10,11,12,13,14). The molecule has 0 bridgehead atoms. The van der Waals surface area contributed by atoms with E-state index in [1.165, 1.54) is 0 Å². The highest BCUT2D eigenvalue weighted by molar-refractivity contribution is 7.91. The van der Waals surface area contributed by atoms with E-state index in [0.29, 0.717) is 5.95 Å². The van der Waals surface area contributed by atoms with Crippen molar-refractivity contribution in [2.45, 2.75) is 6.92 Å². The topological polar surface area (TPSA) is 114 Å². The van der Waals surface area contributed by atoms with Gasteiger partial charge in [0.2, 0.25) is 17.8 Å². The Labute approximate surface area is 107 Å². The monoisotopic (exact) mass is 274 g/mol. The lowest BCUT2D eigenvalue weighted by atomic mass is 10.7. The van der Waals surface area contributed by atoms with E-state index < -0.39 is 9.84 Å². The summed E-state index contributed by atoms with van der Waals surface area (Å²) in [6, 6.07) is 0. The molecule has 102 valence electrons. The Bertz CT molecular complexity index is 502. The number of nitrogens with two attached hydrogens (primary N) is 1. The largest absolute Gasteiger partial charge is 0.368 e. The van der Waals surface area contributed by atoms with E-state index in [9.17, 15) is 8.42 Å². The average Bonchev–Trinajstić information content (AvgIpc) is 2.28. The summed E-state index contributed by atoms with van der Waals surface area (Å²) >= 11 is 0. The molecule has 0 aromatic carbocycles. The molecule has 0 amide bonds.